The molecule has 3 heterocycles. The molecule has 0 aliphatic carbocycles. The zero-order chi connectivity index (χ0) is 17.0. The minimum absolute atomic E-state index is 0.0690. The van der Waals surface area contributed by atoms with Crippen molar-refractivity contribution < 1.29 is 19.5 Å². The van der Waals surface area contributed by atoms with Crippen molar-refractivity contribution >= 4 is 23.4 Å². The van der Waals surface area contributed by atoms with Crippen LogP contribution in [0.1, 0.15) is 33.6 Å². The second kappa shape index (κ2) is 5.29. The number of aliphatic hydroxyl groups excluding tert-OH is 1. The van der Waals surface area contributed by atoms with Crippen molar-refractivity contribution in [1.82, 2.24) is 10.2 Å². The standard InChI is InChI=1S/C16H18N4O4/c17-8-6-19(7-8)10-3-1-2-9-13(10)16(24)20(15(9)23)11-4-5-12(21)18-14(11)22/h1-3,8,11,14,22H,4-7,17H2,(H,18,21). The van der Waals surface area contributed by atoms with Crippen LogP contribution in [-0.4, -0.2) is 59.1 Å². The van der Waals surface area contributed by atoms with Gasteiger partial charge in [0.1, 0.15) is 6.23 Å². The lowest BCUT2D eigenvalue weighted by molar-refractivity contribution is -0.129. The van der Waals surface area contributed by atoms with E-state index in [2.05, 4.69) is 5.32 Å². The molecule has 126 valence electrons. The van der Waals surface area contributed by atoms with Gasteiger partial charge in [-0.15, -0.1) is 0 Å². The first-order valence-corrected chi connectivity index (χ1v) is 7.96. The number of benzene rings is 1. The molecular formula is C16H18N4O4. The molecule has 24 heavy (non-hydrogen) atoms. The van der Waals surface area contributed by atoms with Crippen molar-refractivity contribution in [3.05, 3.63) is 29.3 Å². The van der Waals surface area contributed by atoms with Crippen molar-refractivity contribution in [3.8, 4) is 0 Å². The number of aliphatic hydroxyl groups is 1. The topological polar surface area (TPSA) is 116 Å². The molecule has 2 saturated heterocycles. The number of carbonyl (C=O) groups is 3. The Morgan fingerprint density at radius 1 is 1.17 bits per heavy atom. The summed E-state index contributed by atoms with van der Waals surface area (Å²) in [5, 5.41) is 12.5. The fourth-order valence-corrected chi connectivity index (χ4v) is 3.60. The summed E-state index contributed by atoms with van der Waals surface area (Å²) in [6.07, 6.45) is -0.819. The predicted molar refractivity (Wildman–Crippen MR) is 84.3 cm³/mol. The van der Waals surface area contributed by atoms with Gasteiger partial charge in [0, 0.05) is 25.6 Å². The van der Waals surface area contributed by atoms with Gasteiger partial charge in [-0.1, -0.05) is 6.07 Å². The van der Waals surface area contributed by atoms with E-state index >= 15 is 0 Å². The molecule has 2 atom stereocenters. The highest BCUT2D eigenvalue weighted by atomic mass is 16.3. The summed E-state index contributed by atoms with van der Waals surface area (Å²) in [6.45, 7) is 1.28. The van der Waals surface area contributed by atoms with Crippen LogP contribution in [0.5, 0.6) is 0 Å². The maximum Gasteiger partial charge on any atom is 0.264 e. The van der Waals surface area contributed by atoms with Crippen LogP contribution in [0.15, 0.2) is 18.2 Å². The van der Waals surface area contributed by atoms with Crippen LogP contribution < -0.4 is 16.0 Å². The average Bonchev–Trinajstić information content (AvgIpc) is 2.77. The van der Waals surface area contributed by atoms with Crippen molar-refractivity contribution in [2.24, 2.45) is 5.73 Å². The number of nitrogens with two attached hydrogens (primary N) is 1. The lowest BCUT2D eigenvalue weighted by Crippen LogP contribution is -2.57. The zero-order valence-electron chi connectivity index (χ0n) is 12.9. The molecule has 8 heteroatoms. The van der Waals surface area contributed by atoms with Crippen molar-refractivity contribution in [2.75, 3.05) is 18.0 Å². The lowest BCUT2D eigenvalue weighted by Gasteiger charge is -2.39. The Morgan fingerprint density at radius 3 is 2.58 bits per heavy atom. The average molecular weight is 330 g/mol. The number of amides is 3. The molecular weight excluding hydrogens is 312 g/mol. The number of piperidine rings is 1. The minimum Gasteiger partial charge on any atom is -0.372 e. The van der Waals surface area contributed by atoms with Gasteiger partial charge in [0.25, 0.3) is 11.8 Å². The third-order valence-corrected chi connectivity index (χ3v) is 4.85. The van der Waals surface area contributed by atoms with E-state index < -0.39 is 24.1 Å². The fraction of sp³-hybridized carbons (Fsp3) is 0.438. The number of nitrogens with one attached hydrogen (secondary N) is 1. The summed E-state index contributed by atoms with van der Waals surface area (Å²) in [6, 6.07) is 4.48. The number of fused-ring (bicyclic) bond motifs is 1. The molecule has 3 aliphatic heterocycles. The van der Waals surface area contributed by atoms with E-state index in [1.54, 1.807) is 18.2 Å². The second-order valence-corrected chi connectivity index (χ2v) is 6.46. The molecule has 0 radical (unpaired) electrons. The molecule has 0 aromatic heterocycles. The second-order valence-electron chi connectivity index (χ2n) is 6.46. The Kier molecular flexibility index (Phi) is 3.33. The maximum absolute atomic E-state index is 12.9. The van der Waals surface area contributed by atoms with Crippen molar-refractivity contribution in [3.63, 3.8) is 0 Å². The number of hydrogen-bond donors (Lipinski definition) is 3. The minimum atomic E-state index is -1.24. The van der Waals surface area contributed by atoms with Gasteiger partial charge in [-0.25, -0.2) is 0 Å². The number of nitrogens with zero attached hydrogens (tertiary/aromatic N) is 2. The molecule has 1 aromatic carbocycles. The fourth-order valence-electron chi connectivity index (χ4n) is 3.60. The summed E-state index contributed by atoms with van der Waals surface area (Å²) >= 11 is 0. The molecule has 2 unspecified atom stereocenters. The molecule has 3 amide bonds. The quantitative estimate of drug-likeness (QED) is 0.601. The SMILES string of the molecule is NC1CN(c2cccc3c2C(=O)N(C2CCC(=O)NC2O)C3=O)C1. The highest BCUT2D eigenvalue weighted by molar-refractivity contribution is 6.24. The van der Waals surface area contributed by atoms with E-state index in [9.17, 15) is 19.5 Å². The van der Waals surface area contributed by atoms with E-state index in [1.807, 2.05) is 4.90 Å². The summed E-state index contributed by atoms with van der Waals surface area (Å²) in [5.74, 6) is -1.14. The van der Waals surface area contributed by atoms with E-state index in [1.165, 1.54) is 0 Å². The normalized spacial score (nSPS) is 27.2. The van der Waals surface area contributed by atoms with Gasteiger partial charge in [-0.05, 0) is 18.6 Å². The molecule has 8 nitrogen and oxygen atoms in total. The third kappa shape index (κ3) is 2.10. The Labute approximate surface area is 138 Å². The molecule has 4 N–H and O–H groups in total. The first kappa shape index (κ1) is 15.1. The first-order valence-electron chi connectivity index (χ1n) is 7.96. The summed E-state index contributed by atoms with van der Waals surface area (Å²) in [4.78, 5) is 40.0. The number of carbonyl (C=O) groups excluding carboxylic acids is 3. The predicted octanol–water partition coefficient (Wildman–Crippen LogP) is -0.973. The van der Waals surface area contributed by atoms with Crippen molar-refractivity contribution in [2.45, 2.75) is 31.2 Å². The van der Waals surface area contributed by atoms with Crippen LogP contribution in [0.3, 0.4) is 0 Å². The smallest absolute Gasteiger partial charge is 0.264 e. The zero-order valence-corrected chi connectivity index (χ0v) is 12.9. The summed E-state index contributed by atoms with van der Waals surface area (Å²) in [7, 11) is 0. The Morgan fingerprint density at radius 2 is 1.92 bits per heavy atom. The largest absolute Gasteiger partial charge is 0.372 e. The van der Waals surface area contributed by atoms with E-state index in [0.29, 0.717) is 29.9 Å². The molecule has 2 fully saturated rings. The Bertz CT molecular complexity index is 744. The Balaban J connectivity index is 1.68. The van der Waals surface area contributed by atoms with Crippen LogP contribution in [0, 0.1) is 0 Å². The summed E-state index contributed by atoms with van der Waals surface area (Å²) in [5.41, 5.74) is 7.21. The molecule has 0 saturated carbocycles. The van der Waals surface area contributed by atoms with Gasteiger partial charge in [0.2, 0.25) is 5.91 Å². The molecule has 0 spiro atoms. The molecule has 1 aromatic rings. The number of rotatable bonds is 2. The maximum atomic E-state index is 12.9. The molecule has 3 aliphatic rings. The number of imide groups is 1. The van der Waals surface area contributed by atoms with Gasteiger partial charge in [-0.2, -0.15) is 0 Å². The van der Waals surface area contributed by atoms with Gasteiger partial charge in [0.15, 0.2) is 0 Å². The van der Waals surface area contributed by atoms with Crippen LogP contribution in [-0.2, 0) is 4.79 Å². The van der Waals surface area contributed by atoms with E-state index in [0.717, 1.165) is 4.90 Å². The summed E-state index contributed by atoms with van der Waals surface area (Å²) < 4.78 is 0. The van der Waals surface area contributed by atoms with Crippen molar-refractivity contribution in [1.29, 1.82) is 0 Å². The number of hydrogen-bond acceptors (Lipinski definition) is 6. The van der Waals surface area contributed by atoms with Crippen LogP contribution in [0.25, 0.3) is 0 Å². The highest BCUT2D eigenvalue weighted by Crippen LogP contribution is 2.35. The Hall–Kier alpha value is -2.45. The van der Waals surface area contributed by atoms with Gasteiger partial charge in [0.05, 0.1) is 22.9 Å². The van der Waals surface area contributed by atoms with Crippen LogP contribution in [0.2, 0.25) is 0 Å². The van der Waals surface area contributed by atoms with Gasteiger partial charge < -0.3 is 21.1 Å². The monoisotopic (exact) mass is 330 g/mol. The van der Waals surface area contributed by atoms with E-state index in [4.69, 9.17) is 5.73 Å². The van der Waals surface area contributed by atoms with Gasteiger partial charge in [-0.3, -0.25) is 19.3 Å². The highest BCUT2D eigenvalue weighted by Gasteiger charge is 2.46. The van der Waals surface area contributed by atoms with Crippen LogP contribution in [0.4, 0.5) is 5.69 Å². The molecule has 0 bridgehead atoms. The van der Waals surface area contributed by atoms with Gasteiger partial charge >= 0.3 is 0 Å². The lowest BCUT2D eigenvalue weighted by atomic mass is 10.0. The third-order valence-electron chi connectivity index (χ3n) is 4.85. The van der Waals surface area contributed by atoms with E-state index in [-0.39, 0.29) is 24.8 Å². The van der Waals surface area contributed by atoms with Crippen LogP contribution >= 0.6 is 0 Å². The molecule has 4 rings (SSSR count). The first-order chi connectivity index (χ1) is 11.5. The number of anilines is 1.